The summed E-state index contributed by atoms with van der Waals surface area (Å²) < 4.78 is 4.71. The summed E-state index contributed by atoms with van der Waals surface area (Å²) in [6.45, 7) is 1.63. The molecule has 3 rings (SSSR count). The minimum Gasteiger partial charge on any atom is -0.453 e. The Labute approximate surface area is 149 Å². The number of carbonyl (C=O) groups excluding carboxylic acids is 2. The normalized spacial score (nSPS) is 22.0. The Morgan fingerprint density at radius 2 is 1.88 bits per heavy atom. The Hall–Kier alpha value is -2.04. The number of nitrogens with one attached hydrogen (secondary N) is 1. The SMILES string of the molecule is COC(=O)NC(Cc1ccccc1)C(=O)N1CCC(C2CCCC2)C1. The van der Waals surface area contributed by atoms with E-state index in [0.717, 1.165) is 31.0 Å². The molecule has 1 heterocycles. The van der Waals surface area contributed by atoms with Crippen LogP contribution in [0.15, 0.2) is 30.3 Å². The van der Waals surface area contributed by atoms with Crippen LogP contribution in [-0.2, 0) is 16.0 Å². The molecule has 5 nitrogen and oxygen atoms in total. The zero-order valence-electron chi connectivity index (χ0n) is 14.9. The highest BCUT2D eigenvalue weighted by molar-refractivity contribution is 5.86. The summed E-state index contributed by atoms with van der Waals surface area (Å²) in [4.78, 5) is 26.7. The van der Waals surface area contributed by atoms with Crippen molar-refractivity contribution in [3.8, 4) is 0 Å². The monoisotopic (exact) mass is 344 g/mol. The summed E-state index contributed by atoms with van der Waals surface area (Å²) >= 11 is 0. The number of hydrogen-bond acceptors (Lipinski definition) is 3. The van der Waals surface area contributed by atoms with E-state index < -0.39 is 12.1 Å². The van der Waals surface area contributed by atoms with Crippen LogP contribution in [0.1, 0.15) is 37.7 Å². The summed E-state index contributed by atoms with van der Waals surface area (Å²) in [6.07, 6.45) is 6.29. The average Bonchev–Trinajstić information content (AvgIpc) is 3.32. The van der Waals surface area contributed by atoms with Crippen molar-refractivity contribution in [2.24, 2.45) is 11.8 Å². The Kier molecular flexibility index (Phi) is 5.95. The first-order chi connectivity index (χ1) is 12.2. The molecule has 2 unspecified atom stereocenters. The third-order valence-corrected chi connectivity index (χ3v) is 5.66. The molecule has 5 heteroatoms. The molecule has 2 amide bonds. The van der Waals surface area contributed by atoms with Gasteiger partial charge < -0.3 is 15.0 Å². The number of methoxy groups -OCH3 is 1. The van der Waals surface area contributed by atoms with Gasteiger partial charge in [0.05, 0.1) is 7.11 Å². The maximum atomic E-state index is 13.0. The highest BCUT2D eigenvalue weighted by Crippen LogP contribution is 2.36. The molecule has 1 saturated heterocycles. The van der Waals surface area contributed by atoms with Crippen molar-refractivity contribution in [1.82, 2.24) is 10.2 Å². The van der Waals surface area contributed by atoms with Gasteiger partial charge in [-0.2, -0.15) is 0 Å². The predicted molar refractivity (Wildman–Crippen MR) is 96.1 cm³/mol. The van der Waals surface area contributed by atoms with Gasteiger partial charge in [-0.25, -0.2) is 4.79 Å². The van der Waals surface area contributed by atoms with E-state index in [2.05, 4.69) is 5.32 Å². The first-order valence-electron chi connectivity index (χ1n) is 9.34. The second-order valence-corrected chi connectivity index (χ2v) is 7.26. The van der Waals surface area contributed by atoms with Gasteiger partial charge in [0.1, 0.15) is 6.04 Å². The number of amides is 2. The number of rotatable bonds is 5. The van der Waals surface area contributed by atoms with Gasteiger partial charge in [0.25, 0.3) is 0 Å². The third-order valence-electron chi connectivity index (χ3n) is 5.66. The summed E-state index contributed by atoms with van der Waals surface area (Å²) in [7, 11) is 1.32. The van der Waals surface area contributed by atoms with Gasteiger partial charge in [-0.15, -0.1) is 0 Å². The van der Waals surface area contributed by atoms with E-state index in [1.165, 1.54) is 32.8 Å². The van der Waals surface area contributed by atoms with E-state index in [1.807, 2.05) is 35.2 Å². The number of benzene rings is 1. The van der Waals surface area contributed by atoms with Crippen LogP contribution >= 0.6 is 0 Å². The number of carbonyl (C=O) groups is 2. The summed E-state index contributed by atoms with van der Waals surface area (Å²) in [5.41, 5.74) is 1.03. The third kappa shape index (κ3) is 4.53. The molecule has 2 atom stereocenters. The van der Waals surface area contributed by atoms with Gasteiger partial charge in [0.2, 0.25) is 5.91 Å². The molecule has 0 aromatic heterocycles. The zero-order valence-corrected chi connectivity index (χ0v) is 14.9. The number of nitrogens with zero attached hydrogens (tertiary/aromatic N) is 1. The van der Waals surface area contributed by atoms with E-state index >= 15 is 0 Å². The highest BCUT2D eigenvalue weighted by atomic mass is 16.5. The molecule has 0 radical (unpaired) electrons. The van der Waals surface area contributed by atoms with Crippen LogP contribution in [0.2, 0.25) is 0 Å². The topological polar surface area (TPSA) is 58.6 Å². The average molecular weight is 344 g/mol. The van der Waals surface area contributed by atoms with Crippen molar-refractivity contribution < 1.29 is 14.3 Å². The highest BCUT2D eigenvalue weighted by Gasteiger charge is 2.36. The summed E-state index contributed by atoms with van der Waals surface area (Å²) in [5.74, 6) is 1.41. The lowest BCUT2D eigenvalue weighted by molar-refractivity contribution is -0.132. The van der Waals surface area contributed by atoms with Gasteiger partial charge in [-0.1, -0.05) is 56.0 Å². The minimum absolute atomic E-state index is 0.00903. The van der Waals surface area contributed by atoms with Crippen molar-refractivity contribution in [3.63, 3.8) is 0 Å². The van der Waals surface area contributed by atoms with Crippen molar-refractivity contribution in [1.29, 1.82) is 0 Å². The van der Waals surface area contributed by atoms with Crippen LogP contribution in [-0.4, -0.2) is 43.1 Å². The summed E-state index contributed by atoms with van der Waals surface area (Å²) in [6, 6.07) is 9.22. The fraction of sp³-hybridized carbons (Fsp3) is 0.600. The molecular weight excluding hydrogens is 316 g/mol. The Bertz CT molecular complexity index is 584. The van der Waals surface area contributed by atoms with Crippen molar-refractivity contribution in [2.75, 3.05) is 20.2 Å². The maximum absolute atomic E-state index is 13.0. The molecule has 1 aliphatic heterocycles. The van der Waals surface area contributed by atoms with Crippen LogP contribution < -0.4 is 5.32 Å². The Morgan fingerprint density at radius 1 is 1.16 bits per heavy atom. The van der Waals surface area contributed by atoms with Gasteiger partial charge in [0, 0.05) is 19.5 Å². The first-order valence-corrected chi connectivity index (χ1v) is 9.34. The summed E-state index contributed by atoms with van der Waals surface area (Å²) in [5, 5.41) is 2.72. The molecule has 0 spiro atoms. The largest absolute Gasteiger partial charge is 0.453 e. The van der Waals surface area contributed by atoms with E-state index in [0.29, 0.717) is 12.3 Å². The van der Waals surface area contributed by atoms with E-state index in [-0.39, 0.29) is 5.91 Å². The van der Waals surface area contributed by atoms with Crippen LogP contribution in [0.25, 0.3) is 0 Å². The molecular formula is C20H28N2O3. The Balaban J connectivity index is 1.64. The number of hydrogen-bond donors (Lipinski definition) is 1. The lowest BCUT2D eigenvalue weighted by atomic mass is 9.90. The number of ether oxygens (including phenoxy) is 1. The van der Waals surface area contributed by atoms with Gasteiger partial charge >= 0.3 is 6.09 Å². The van der Waals surface area contributed by atoms with E-state index in [1.54, 1.807) is 0 Å². The van der Waals surface area contributed by atoms with Crippen molar-refractivity contribution >= 4 is 12.0 Å². The minimum atomic E-state index is -0.572. The lowest BCUT2D eigenvalue weighted by Gasteiger charge is -2.25. The quantitative estimate of drug-likeness (QED) is 0.893. The molecule has 2 fully saturated rings. The molecule has 25 heavy (non-hydrogen) atoms. The second-order valence-electron chi connectivity index (χ2n) is 7.26. The molecule has 1 aliphatic carbocycles. The smallest absolute Gasteiger partial charge is 0.407 e. The number of alkyl carbamates (subject to hydrolysis) is 1. The fourth-order valence-electron chi connectivity index (χ4n) is 4.27. The molecule has 1 saturated carbocycles. The first kappa shape index (κ1) is 17.8. The van der Waals surface area contributed by atoms with Gasteiger partial charge in [-0.05, 0) is 23.8 Å². The molecule has 1 aromatic carbocycles. The van der Waals surface area contributed by atoms with Crippen LogP contribution in [0.5, 0.6) is 0 Å². The Morgan fingerprint density at radius 3 is 2.56 bits per heavy atom. The molecule has 1 N–H and O–H groups in total. The number of likely N-dealkylation sites (tertiary alicyclic amines) is 1. The maximum Gasteiger partial charge on any atom is 0.407 e. The van der Waals surface area contributed by atoms with Crippen LogP contribution in [0.4, 0.5) is 4.79 Å². The fourth-order valence-corrected chi connectivity index (χ4v) is 4.27. The van der Waals surface area contributed by atoms with Crippen LogP contribution in [0.3, 0.4) is 0 Å². The zero-order chi connectivity index (χ0) is 17.6. The lowest BCUT2D eigenvalue weighted by Crippen LogP contribution is -2.49. The van der Waals surface area contributed by atoms with E-state index in [9.17, 15) is 9.59 Å². The molecule has 2 aliphatic rings. The second kappa shape index (κ2) is 8.37. The van der Waals surface area contributed by atoms with E-state index in [4.69, 9.17) is 4.74 Å². The van der Waals surface area contributed by atoms with Gasteiger partial charge in [-0.3, -0.25) is 4.79 Å². The molecule has 1 aromatic rings. The van der Waals surface area contributed by atoms with Crippen molar-refractivity contribution in [3.05, 3.63) is 35.9 Å². The van der Waals surface area contributed by atoms with Crippen LogP contribution in [0, 0.1) is 11.8 Å². The predicted octanol–water partition coefficient (Wildman–Crippen LogP) is 2.99. The molecule has 136 valence electrons. The molecule has 0 bridgehead atoms. The van der Waals surface area contributed by atoms with Crippen molar-refractivity contribution in [2.45, 2.75) is 44.6 Å². The standard InChI is InChI=1S/C20H28N2O3/c1-25-20(24)21-18(13-15-7-3-2-4-8-15)19(23)22-12-11-17(14-22)16-9-5-6-10-16/h2-4,7-8,16-18H,5-6,9-14H2,1H3,(H,21,24). The van der Waals surface area contributed by atoms with Gasteiger partial charge in [0.15, 0.2) is 0 Å².